The van der Waals surface area contributed by atoms with Crippen molar-refractivity contribution in [2.45, 2.75) is 12.8 Å². The number of imidazole rings is 1. The van der Waals surface area contributed by atoms with Crippen LogP contribution in [0.4, 0.5) is 17.5 Å². The molecule has 0 atom stereocenters. The SMILES string of the molecule is Cn1c(NCC2CC2)nc2cnc(Nc3ccc4c(c3)OCO4)cc21. The molecule has 0 saturated heterocycles. The zero-order valence-corrected chi connectivity index (χ0v) is 14.0. The van der Waals surface area contributed by atoms with Gasteiger partial charge in [-0.25, -0.2) is 9.97 Å². The molecule has 3 aromatic rings. The van der Waals surface area contributed by atoms with E-state index in [1.165, 1.54) is 12.8 Å². The summed E-state index contributed by atoms with van der Waals surface area (Å²) in [6.07, 6.45) is 4.44. The highest BCUT2D eigenvalue weighted by Crippen LogP contribution is 2.35. The average molecular weight is 337 g/mol. The molecular formula is C18H19N5O2. The standard InChI is InChI=1S/C18H19N5O2/c1-23-14-7-17(21-12-4-5-15-16(6-12)25-10-24-15)19-9-13(14)22-18(23)20-8-11-2-3-11/h4-7,9,11H,2-3,8,10H2,1H3,(H,19,21)(H,20,22). The van der Waals surface area contributed by atoms with Crippen molar-refractivity contribution in [1.82, 2.24) is 14.5 Å². The quantitative estimate of drug-likeness (QED) is 0.744. The first-order valence-electron chi connectivity index (χ1n) is 8.49. The Labute approximate surface area is 145 Å². The molecule has 2 aliphatic rings. The molecule has 3 heterocycles. The molecule has 7 nitrogen and oxygen atoms in total. The molecular weight excluding hydrogens is 318 g/mol. The Hall–Kier alpha value is -2.96. The van der Waals surface area contributed by atoms with Crippen LogP contribution in [0.5, 0.6) is 11.5 Å². The second kappa shape index (κ2) is 5.54. The molecule has 1 aromatic carbocycles. The van der Waals surface area contributed by atoms with E-state index in [4.69, 9.17) is 9.47 Å². The molecule has 0 amide bonds. The predicted octanol–water partition coefficient (Wildman–Crippen LogP) is 3.26. The van der Waals surface area contributed by atoms with E-state index in [0.717, 1.165) is 52.4 Å². The van der Waals surface area contributed by atoms with Crippen LogP contribution >= 0.6 is 0 Å². The third-order valence-corrected chi connectivity index (χ3v) is 4.66. The Kier molecular flexibility index (Phi) is 3.19. The van der Waals surface area contributed by atoms with Gasteiger partial charge < -0.3 is 24.7 Å². The molecule has 5 rings (SSSR count). The van der Waals surface area contributed by atoms with E-state index < -0.39 is 0 Å². The van der Waals surface area contributed by atoms with Gasteiger partial charge in [-0.3, -0.25) is 0 Å². The van der Waals surface area contributed by atoms with Gasteiger partial charge >= 0.3 is 0 Å². The third-order valence-electron chi connectivity index (χ3n) is 4.66. The van der Waals surface area contributed by atoms with Crippen molar-refractivity contribution in [2.24, 2.45) is 13.0 Å². The number of anilines is 3. The Morgan fingerprint density at radius 2 is 2.08 bits per heavy atom. The zero-order valence-electron chi connectivity index (χ0n) is 14.0. The first-order chi connectivity index (χ1) is 12.3. The van der Waals surface area contributed by atoms with Crippen molar-refractivity contribution in [3.63, 3.8) is 0 Å². The number of pyridine rings is 1. The summed E-state index contributed by atoms with van der Waals surface area (Å²) in [5, 5.41) is 6.75. The van der Waals surface area contributed by atoms with Crippen LogP contribution in [-0.2, 0) is 7.05 Å². The molecule has 7 heteroatoms. The maximum absolute atomic E-state index is 5.42. The number of benzene rings is 1. The van der Waals surface area contributed by atoms with Crippen LogP contribution in [0.25, 0.3) is 11.0 Å². The number of nitrogens with zero attached hydrogens (tertiary/aromatic N) is 3. The second-order valence-electron chi connectivity index (χ2n) is 6.57. The van der Waals surface area contributed by atoms with E-state index in [2.05, 4.69) is 25.2 Å². The van der Waals surface area contributed by atoms with Crippen LogP contribution in [0.2, 0.25) is 0 Å². The van der Waals surface area contributed by atoms with Gasteiger partial charge in [-0.2, -0.15) is 0 Å². The second-order valence-corrected chi connectivity index (χ2v) is 6.57. The zero-order chi connectivity index (χ0) is 16.8. The number of aryl methyl sites for hydroxylation is 1. The lowest BCUT2D eigenvalue weighted by Gasteiger charge is -2.07. The lowest BCUT2D eigenvalue weighted by molar-refractivity contribution is 0.174. The highest BCUT2D eigenvalue weighted by molar-refractivity contribution is 5.81. The highest BCUT2D eigenvalue weighted by Gasteiger charge is 2.21. The molecule has 2 N–H and O–H groups in total. The van der Waals surface area contributed by atoms with Crippen LogP contribution in [0.1, 0.15) is 12.8 Å². The van der Waals surface area contributed by atoms with E-state index in [-0.39, 0.29) is 6.79 Å². The molecule has 0 radical (unpaired) electrons. The molecule has 128 valence electrons. The fraction of sp³-hybridized carbons (Fsp3) is 0.333. The number of ether oxygens (including phenoxy) is 2. The third kappa shape index (κ3) is 2.71. The minimum absolute atomic E-state index is 0.272. The molecule has 0 spiro atoms. The number of nitrogens with one attached hydrogen (secondary N) is 2. The molecule has 25 heavy (non-hydrogen) atoms. The van der Waals surface area contributed by atoms with Crippen LogP contribution in [0.3, 0.4) is 0 Å². The summed E-state index contributed by atoms with van der Waals surface area (Å²) in [6, 6.07) is 7.77. The predicted molar refractivity (Wildman–Crippen MR) is 95.6 cm³/mol. The number of rotatable bonds is 5. The molecule has 1 saturated carbocycles. The van der Waals surface area contributed by atoms with Gasteiger partial charge in [0.05, 0.1) is 11.7 Å². The van der Waals surface area contributed by atoms with E-state index in [0.29, 0.717) is 0 Å². The van der Waals surface area contributed by atoms with Crippen LogP contribution in [0, 0.1) is 5.92 Å². The number of aromatic nitrogens is 3. The Bertz CT molecular complexity index is 948. The van der Waals surface area contributed by atoms with Crippen LogP contribution in [-0.4, -0.2) is 27.9 Å². The minimum Gasteiger partial charge on any atom is -0.454 e. The van der Waals surface area contributed by atoms with Gasteiger partial charge in [0, 0.05) is 31.4 Å². The molecule has 0 unspecified atom stereocenters. The number of hydrogen-bond acceptors (Lipinski definition) is 6. The van der Waals surface area contributed by atoms with E-state index in [9.17, 15) is 0 Å². The Balaban J connectivity index is 1.40. The summed E-state index contributed by atoms with van der Waals surface area (Å²) in [6.45, 7) is 1.27. The van der Waals surface area contributed by atoms with Crippen molar-refractivity contribution in [2.75, 3.05) is 24.0 Å². The Morgan fingerprint density at radius 1 is 1.20 bits per heavy atom. The molecule has 1 fully saturated rings. The summed E-state index contributed by atoms with van der Waals surface area (Å²) < 4.78 is 12.8. The van der Waals surface area contributed by atoms with Gasteiger partial charge in [0.1, 0.15) is 11.3 Å². The maximum Gasteiger partial charge on any atom is 0.231 e. The van der Waals surface area contributed by atoms with Gasteiger partial charge in [0.2, 0.25) is 12.7 Å². The molecule has 1 aliphatic carbocycles. The van der Waals surface area contributed by atoms with Gasteiger partial charge in [-0.15, -0.1) is 0 Å². The topological polar surface area (TPSA) is 73.2 Å². The summed E-state index contributed by atoms with van der Waals surface area (Å²) in [7, 11) is 2.02. The van der Waals surface area contributed by atoms with Gasteiger partial charge in [-0.1, -0.05) is 0 Å². The smallest absolute Gasteiger partial charge is 0.231 e. The average Bonchev–Trinajstić information content (AvgIpc) is 3.25. The maximum atomic E-state index is 5.42. The van der Waals surface area contributed by atoms with E-state index >= 15 is 0 Å². The van der Waals surface area contributed by atoms with Crippen molar-refractivity contribution in [3.8, 4) is 11.5 Å². The van der Waals surface area contributed by atoms with Gasteiger partial charge in [0.15, 0.2) is 11.5 Å². The van der Waals surface area contributed by atoms with Crippen molar-refractivity contribution < 1.29 is 9.47 Å². The fourth-order valence-corrected chi connectivity index (χ4v) is 3.00. The summed E-state index contributed by atoms with van der Waals surface area (Å²) >= 11 is 0. The number of fused-ring (bicyclic) bond motifs is 2. The van der Waals surface area contributed by atoms with Crippen molar-refractivity contribution in [1.29, 1.82) is 0 Å². The monoisotopic (exact) mass is 337 g/mol. The first-order valence-corrected chi connectivity index (χ1v) is 8.49. The largest absolute Gasteiger partial charge is 0.454 e. The first kappa shape index (κ1) is 14.4. The van der Waals surface area contributed by atoms with Gasteiger partial charge in [-0.05, 0) is 30.9 Å². The fourth-order valence-electron chi connectivity index (χ4n) is 3.00. The minimum atomic E-state index is 0.272. The Morgan fingerprint density at radius 3 is 2.96 bits per heavy atom. The van der Waals surface area contributed by atoms with Crippen LogP contribution in [0.15, 0.2) is 30.5 Å². The molecule has 1 aliphatic heterocycles. The van der Waals surface area contributed by atoms with E-state index in [1.54, 1.807) is 6.20 Å². The summed E-state index contributed by atoms with van der Waals surface area (Å²) in [5.41, 5.74) is 2.83. The lowest BCUT2D eigenvalue weighted by Crippen LogP contribution is -2.07. The summed E-state index contributed by atoms with van der Waals surface area (Å²) in [4.78, 5) is 9.10. The summed E-state index contributed by atoms with van der Waals surface area (Å²) in [5.74, 6) is 3.98. The van der Waals surface area contributed by atoms with Crippen molar-refractivity contribution in [3.05, 3.63) is 30.5 Å². The number of hydrogen-bond donors (Lipinski definition) is 2. The van der Waals surface area contributed by atoms with E-state index in [1.807, 2.05) is 31.3 Å². The molecule has 0 bridgehead atoms. The normalized spacial score (nSPS) is 15.6. The molecule has 2 aromatic heterocycles. The van der Waals surface area contributed by atoms with Crippen molar-refractivity contribution >= 4 is 28.5 Å². The highest BCUT2D eigenvalue weighted by atomic mass is 16.7. The van der Waals surface area contributed by atoms with Crippen LogP contribution < -0.4 is 20.1 Å². The van der Waals surface area contributed by atoms with Gasteiger partial charge in [0.25, 0.3) is 0 Å². The lowest BCUT2D eigenvalue weighted by atomic mass is 10.2.